The molecule has 2 heterocycles. The summed E-state index contributed by atoms with van der Waals surface area (Å²) in [6.45, 7) is 13.9. The smallest absolute Gasteiger partial charge is 0.209 e. The molecule has 1 aliphatic rings. The van der Waals surface area contributed by atoms with Crippen LogP contribution >= 0.6 is 0 Å². The van der Waals surface area contributed by atoms with Gasteiger partial charge in [0.25, 0.3) is 0 Å². The van der Waals surface area contributed by atoms with Crippen molar-refractivity contribution in [2.75, 3.05) is 16.4 Å². The normalized spacial score (nSPS) is 13.3. The second-order valence-corrected chi connectivity index (χ2v) is 10.2. The molecule has 7 heteroatoms. The van der Waals surface area contributed by atoms with Gasteiger partial charge in [0.05, 0.1) is 30.8 Å². The maximum Gasteiger partial charge on any atom is 0.209 e. The van der Waals surface area contributed by atoms with Crippen LogP contribution in [0.1, 0.15) is 97.6 Å². The molecule has 1 aromatic carbocycles. The van der Waals surface area contributed by atoms with Gasteiger partial charge in [-0.25, -0.2) is 0 Å². The Labute approximate surface area is 212 Å². The average Bonchev–Trinajstić information content (AvgIpc) is 3.46. The minimum atomic E-state index is -0.0333. The lowest BCUT2D eigenvalue weighted by atomic mass is 10.1. The summed E-state index contributed by atoms with van der Waals surface area (Å²) in [6, 6.07) is 7.19. The number of aliphatic hydroxyl groups is 1. The molecule has 3 rings (SSSR count). The third kappa shape index (κ3) is 8.41. The molecule has 0 fully saturated rings. The molecule has 0 amide bonds. The number of aryl methyl sites for hydroxylation is 1. The van der Waals surface area contributed by atoms with Crippen LogP contribution in [0.4, 0.5) is 11.4 Å². The highest BCUT2D eigenvalue weighted by Gasteiger charge is 2.31. The zero-order valence-electron chi connectivity index (χ0n) is 22.2. The molecule has 35 heavy (non-hydrogen) atoms. The first-order chi connectivity index (χ1) is 17.0. The summed E-state index contributed by atoms with van der Waals surface area (Å²) in [4.78, 5) is 4.43. The summed E-state index contributed by atoms with van der Waals surface area (Å²) < 4.78 is 7.91. The third-order valence-corrected chi connectivity index (χ3v) is 6.51. The van der Waals surface area contributed by atoms with E-state index in [1.807, 2.05) is 10.9 Å². The molecule has 0 saturated heterocycles. The average molecular weight is 484 g/mol. The first-order valence-corrected chi connectivity index (χ1v) is 13.6. The van der Waals surface area contributed by atoms with Crippen molar-refractivity contribution in [3.63, 3.8) is 0 Å². The third-order valence-electron chi connectivity index (χ3n) is 6.51. The van der Waals surface area contributed by atoms with Gasteiger partial charge in [-0.05, 0) is 52.7 Å². The molecular weight excluding hydrogens is 438 g/mol. The van der Waals surface area contributed by atoms with Crippen molar-refractivity contribution in [2.24, 2.45) is 0 Å². The number of benzene rings is 1. The predicted molar refractivity (Wildman–Crippen MR) is 143 cm³/mol. The highest BCUT2D eigenvalue weighted by molar-refractivity contribution is 5.80. The minimum Gasteiger partial charge on any atom is -0.494 e. The van der Waals surface area contributed by atoms with Gasteiger partial charge in [0, 0.05) is 24.7 Å². The van der Waals surface area contributed by atoms with Crippen LogP contribution in [0, 0.1) is 6.67 Å². The van der Waals surface area contributed by atoms with Crippen LogP contribution in [0.2, 0.25) is 0 Å². The van der Waals surface area contributed by atoms with Gasteiger partial charge >= 0.3 is 0 Å². The standard InChI is InChI=1S/C28H45N5O2/c1-23(2)32-22-33(24(3)4)28-19-26(15-16-27(28)32)35-18-14-12-10-8-6-5-7-9-11-13-17-31-20-25(21-34)29-30-31/h15-16,19-20,23-24,34H,5-14,17-18,21H2,1-4H3. The Balaban J connectivity index is 1.20. The lowest BCUT2D eigenvalue weighted by Crippen LogP contribution is -2.33. The van der Waals surface area contributed by atoms with E-state index in [-0.39, 0.29) is 6.61 Å². The summed E-state index contributed by atoms with van der Waals surface area (Å²) in [5.41, 5.74) is 3.06. The molecule has 0 unspecified atom stereocenters. The highest BCUT2D eigenvalue weighted by Crippen LogP contribution is 2.42. The summed E-state index contributed by atoms with van der Waals surface area (Å²) in [5, 5.41) is 16.9. The minimum absolute atomic E-state index is 0.0333. The topological polar surface area (TPSA) is 66.7 Å². The van der Waals surface area contributed by atoms with Crippen LogP contribution in [0.15, 0.2) is 24.4 Å². The van der Waals surface area contributed by atoms with E-state index in [1.165, 1.54) is 62.7 Å². The highest BCUT2D eigenvalue weighted by atomic mass is 16.5. The number of nitrogens with zero attached hydrogens (tertiary/aromatic N) is 5. The number of fused-ring (bicyclic) bond motifs is 1. The van der Waals surface area contributed by atoms with E-state index in [2.05, 4.69) is 72.7 Å². The lowest BCUT2D eigenvalue weighted by Gasteiger charge is -2.24. The van der Waals surface area contributed by atoms with Crippen LogP contribution in [-0.4, -0.2) is 38.8 Å². The van der Waals surface area contributed by atoms with E-state index in [4.69, 9.17) is 9.84 Å². The number of unbranched alkanes of at least 4 members (excludes halogenated alkanes) is 9. The molecule has 194 valence electrons. The number of ether oxygens (including phenoxy) is 1. The molecule has 7 nitrogen and oxygen atoms in total. The van der Waals surface area contributed by atoms with Gasteiger partial charge in [0.1, 0.15) is 11.4 Å². The fourth-order valence-electron chi connectivity index (χ4n) is 4.50. The molecule has 1 aliphatic heterocycles. The van der Waals surface area contributed by atoms with Crippen LogP contribution in [0.25, 0.3) is 0 Å². The van der Waals surface area contributed by atoms with Crippen molar-refractivity contribution >= 4 is 11.4 Å². The van der Waals surface area contributed by atoms with Crippen LogP contribution in [0.5, 0.6) is 5.75 Å². The molecule has 1 aromatic heterocycles. The van der Waals surface area contributed by atoms with Crippen molar-refractivity contribution in [2.45, 2.75) is 117 Å². The van der Waals surface area contributed by atoms with Crippen molar-refractivity contribution in [1.82, 2.24) is 15.0 Å². The van der Waals surface area contributed by atoms with E-state index in [0.717, 1.165) is 31.7 Å². The first kappa shape index (κ1) is 27.3. The summed E-state index contributed by atoms with van der Waals surface area (Å²) >= 11 is 0. The maximum atomic E-state index is 9.02. The first-order valence-electron chi connectivity index (χ1n) is 13.6. The fourth-order valence-corrected chi connectivity index (χ4v) is 4.50. The van der Waals surface area contributed by atoms with E-state index in [0.29, 0.717) is 17.8 Å². The Morgan fingerprint density at radius 1 is 0.829 bits per heavy atom. The Bertz CT molecular complexity index is 867. The second-order valence-electron chi connectivity index (χ2n) is 10.2. The van der Waals surface area contributed by atoms with Crippen LogP contribution < -0.4 is 14.5 Å². The van der Waals surface area contributed by atoms with Gasteiger partial charge in [-0.1, -0.05) is 56.6 Å². The second kappa shape index (κ2) is 14.3. The van der Waals surface area contributed by atoms with Gasteiger partial charge in [0.15, 0.2) is 0 Å². The van der Waals surface area contributed by atoms with E-state index < -0.39 is 0 Å². The van der Waals surface area contributed by atoms with Gasteiger partial charge < -0.3 is 19.6 Å². The molecule has 2 radical (unpaired) electrons. The molecule has 0 aliphatic carbocycles. The number of hydrogen-bond acceptors (Lipinski definition) is 6. The Hall–Kier alpha value is -2.28. The number of hydrogen-bond donors (Lipinski definition) is 1. The van der Waals surface area contributed by atoms with E-state index in [9.17, 15) is 0 Å². The molecule has 0 spiro atoms. The van der Waals surface area contributed by atoms with E-state index >= 15 is 0 Å². The summed E-state index contributed by atoms with van der Waals surface area (Å²) in [5.74, 6) is 0.958. The number of rotatable bonds is 17. The van der Waals surface area contributed by atoms with Crippen molar-refractivity contribution in [3.8, 4) is 5.75 Å². The Kier molecular flexibility index (Phi) is 11.2. The van der Waals surface area contributed by atoms with Gasteiger partial charge in [-0.15, -0.1) is 5.10 Å². The number of anilines is 2. The molecule has 0 saturated carbocycles. The molecular formula is C28H45N5O2. The van der Waals surface area contributed by atoms with Crippen LogP contribution in [0.3, 0.4) is 0 Å². The van der Waals surface area contributed by atoms with Crippen molar-refractivity contribution in [1.29, 1.82) is 0 Å². The summed E-state index contributed by atoms with van der Waals surface area (Å²) in [7, 11) is 0. The zero-order valence-corrected chi connectivity index (χ0v) is 22.2. The van der Waals surface area contributed by atoms with E-state index in [1.54, 1.807) is 0 Å². The Morgan fingerprint density at radius 3 is 2.03 bits per heavy atom. The molecule has 0 atom stereocenters. The van der Waals surface area contributed by atoms with Gasteiger partial charge in [-0.2, -0.15) is 0 Å². The fraction of sp³-hybridized carbons (Fsp3) is 0.679. The molecule has 0 bridgehead atoms. The largest absolute Gasteiger partial charge is 0.494 e. The quantitative estimate of drug-likeness (QED) is 0.271. The van der Waals surface area contributed by atoms with Crippen molar-refractivity contribution in [3.05, 3.63) is 36.8 Å². The van der Waals surface area contributed by atoms with Crippen molar-refractivity contribution < 1.29 is 9.84 Å². The van der Waals surface area contributed by atoms with Gasteiger partial charge in [0.2, 0.25) is 6.67 Å². The predicted octanol–water partition coefficient (Wildman–Crippen LogP) is 6.19. The Morgan fingerprint density at radius 2 is 1.43 bits per heavy atom. The van der Waals surface area contributed by atoms with Gasteiger partial charge in [-0.3, -0.25) is 4.68 Å². The maximum absolute atomic E-state index is 9.02. The molecule has 2 aromatic rings. The summed E-state index contributed by atoms with van der Waals surface area (Å²) in [6.07, 6.45) is 14.4. The number of aromatic nitrogens is 3. The monoisotopic (exact) mass is 483 g/mol. The zero-order chi connectivity index (χ0) is 25.0. The molecule has 1 N–H and O–H groups in total. The SMILES string of the molecule is CC(C)N1[C]N(C(C)C)c2cc(OCCCCCCCCCCCCn3cc(CO)nn3)ccc21. The van der Waals surface area contributed by atoms with Crippen LogP contribution in [-0.2, 0) is 13.2 Å². The lowest BCUT2D eigenvalue weighted by molar-refractivity contribution is 0.276. The number of aliphatic hydroxyl groups excluding tert-OH is 1.